The van der Waals surface area contributed by atoms with Crippen molar-refractivity contribution in [3.63, 3.8) is 0 Å². The highest BCUT2D eigenvalue weighted by atomic mass is 16.5. The largest absolute Gasteiger partial charge is 0.491 e. The van der Waals surface area contributed by atoms with Gasteiger partial charge in [-0.05, 0) is 25.5 Å². The van der Waals surface area contributed by atoms with Gasteiger partial charge in [0.05, 0.1) is 6.10 Å². The van der Waals surface area contributed by atoms with E-state index in [9.17, 15) is 0 Å². The molecular weight excluding hydrogens is 236 g/mol. The average Bonchev–Trinajstić information content (AvgIpc) is 2.36. The Kier molecular flexibility index (Phi) is 4.29. The molecule has 0 atom stereocenters. The van der Waals surface area contributed by atoms with Crippen molar-refractivity contribution in [2.24, 2.45) is 0 Å². The summed E-state index contributed by atoms with van der Waals surface area (Å²) < 4.78 is 5.67. The zero-order chi connectivity index (χ0) is 13.7. The molecule has 0 spiro atoms. The molecule has 0 fully saturated rings. The lowest BCUT2D eigenvalue weighted by molar-refractivity contribution is 0.242. The lowest BCUT2D eigenvalue weighted by atomic mass is 10.2. The maximum absolute atomic E-state index is 5.88. The van der Waals surface area contributed by atoms with Crippen LogP contribution in [-0.2, 0) is 6.54 Å². The Morgan fingerprint density at radius 3 is 2.53 bits per heavy atom. The summed E-state index contributed by atoms with van der Waals surface area (Å²) in [5.41, 5.74) is 8.79. The van der Waals surface area contributed by atoms with E-state index in [1.165, 1.54) is 5.56 Å². The highest BCUT2D eigenvalue weighted by Gasteiger charge is 2.02. The Hall–Kier alpha value is -2.16. The van der Waals surface area contributed by atoms with E-state index >= 15 is 0 Å². The summed E-state index contributed by atoms with van der Waals surface area (Å²) in [5, 5.41) is 3.36. The van der Waals surface area contributed by atoms with Crippen LogP contribution in [0.1, 0.15) is 19.4 Å². The van der Waals surface area contributed by atoms with E-state index < -0.39 is 0 Å². The van der Waals surface area contributed by atoms with Crippen molar-refractivity contribution in [1.82, 2.24) is 0 Å². The first-order valence-corrected chi connectivity index (χ1v) is 6.48. The van der Waals surface area contributed by atoms with E-state index in [-0.39, 0.29) is 6.10 Å². The van der Waals surface area contributed by atoms with Gasteiger partial charge in [0.1, 0.15) is 5.75 Å². The Bertz CT molecular complexity index is 524. The van der Waals surface area contributed by atoms with Gasteiger partial charge in [-0.15, -0.1) is 0 Å². The normalized spacial score (nSPS) is 10.5. The summed E-state index contributed by atoms with van der Waals surface area (Å²) in [6.45, 7) is 4.77. The van der Waals surface area contributed by atoms with Crippen LogP contribution in [-0.4, -0.2) is 6.10 Å². The highest BCUT2D eigenvalue weighted by molar-refractivity contribution is 5.59. The third-order valence-corrected chi connectivity index (χ3v) is 2.64. The molecule has 100 valence electrons. The maximum atomic E-state index is 5.88. The number of nitrogens with one attached hydrogen (secondary N) is 1. The van der Waals surface area contributed by atoms with Gasteiger partial charge < -0.3 is 15.8 Å². The molecule has 0 heterocycles. The fourth-order valence-corrected chi connectivity index (χ4v) is 1.86. The summed E-state index contributed by atoms with van der Waals surface area (Å²) in [6, 6.07) is 16.0. The summed E-state index contributed by atoms with van der Waals surface area (Å²) in [4.78, 5) is 0. The van der Waals surface area contributed by atoms with E-state index in [0.29, 0.717) is 5.69 Å². The number of nitrogen functional groups attached to an aromatic ring is 1. The molecule has 0 saturated heterocycles. The Morgan fingerprint density at radius 2 is 1.84 bits per heavy atom. The van der Waals surface area contributed by atoms with E-state index in [1.807, 2.05) is 50.2 Å². The molecule has 19 heavy (non-hydrogen) atoms. The summed E-state index contributed by atoms with van der Waals surface area (Å²) in [6.07, 6.45) is 0.142. The number of anilines is 2. The van der Waals surface area contributed by atoms with Gasteiger partial charge in [0, 0.05) is 30.1 Å². The van der Waals surface area contributed by atoms with Crippen LogP contribution in [0, 0.1) is 0 Å². The Morgan fingerprint density at radius 1 is 1.11 bits per heavy atom. The number of ether oxygens (including phenoxy) is 1. The van der Waals surface area contributed by atoms with Gasteiger partial charge in [-0.3, -0.25) is 0 Å². The molecule has 3 heteroatoms. The van der Waals surface area contributed by atoms with Gasteiger partial charge >= 0.3 is 0 Å². The minimum Gasteiger partial charge on any atom is -0.491 e. The number of rotatable bonds is 5. The standard InChI is InChI=1S/C16H20N2O/c1-12(2)19-16-9-14(17)8-15(10-16)18-11-13-6-4-3-5-7-13/h3-10,12,18H,11,17H2,1-2H3. The van der Waals surface area contributed by atoms with Crippen LogP contribution in [0.2, 0.25) is 0 Å². The predicted octanol–water partition coefficient (Wildman–Crippen LogP) is 3.67. The smallest absolute Gasteiger partial charge is 0.123 e. The summed E-state index contributed by atoms with van der Waals surface area (Å²) >= 11 is 0. The quantitative estimate of drug-likeness (QED) is 0.802. The van der Waals surface area contributed by atoms with Crippen molar-refractivity contribution >= 4 is 11.4 Å². The van der Waals surface area contributed by atoms with Crippen LogP contribution in [0.4, 0.5) is 11.4 Å². The first-order valence-electron chi connectivity index (χ1n) is 6.48. The van der Waals surface area contributed by atoms with E-state index in [1.54, 1.807) is 0 Å². The maximum Gasteiger partial charge on any atom is 0.123 e. The van der Waals surface area contributed by atoms with Gasteiger partial charge in [0.25, 0.3) is 0 Å². The van der Waals surface area contributed by atoms with Crippen LogP contribution >= 0.6 is 0 Å². The minimum absolute atomic E-state index is 0.142. The fraction of sp³-hybridized carbons (Fsp3) is 0.250. The SMILES string of the molecule is CC(C)Oc1cc(N)cc(NCc2ccccc2)c1. The van der Waals surface area contributed by atoms with Crippen molar-refractivity contribution in [2.45, 2.75) is 26.5 Å². The van der Waals surface area contributed by atoms with Gasteiger partial charge in [0.2, 0.25) is 0 Å². The zero-order valence-corrected chi connectivity index (χ0v) is 11.4. The zero-order valence-electron chi connectivity index (χ0n) is 11.4. The fourth-order valence-electron chi connectivity index (χ4n) is 1.86. The van der Waals surface area contributed by atoms with E-state index in [0.717, 1.165) is 18.0 Å². The third-order valence-electron chi connectivity index (χ3n) is 2.64. The first-order chi connectivity index (χ1) is 9.13. The van der Waals surface area contributed by atoms with Crippen LogP contribution in [0.15, 0.2) is 48.5 Å². The molecule has 0 saturated carbocycles. The average molecular weight is 256 g/mol. The van der Waals surface area contributed by atoms with Gasteiger partial charge in [0.15, 0.2) is 0 Å². The number of nitrogens with two attached hydrogens (primary N) is 1. The van der Waals surface area contributed by atoms with Crippen LogP contribution in [0.25, 0.3) is 0 Å². The number of hydrogen-bond acceptors (Lipinski definition) is 3. The van der Waals surface area contributed by atoms with Crippen LogP contribution in [0.3, 0.4) is 0 Å². The second-order valence-electron chi connectivity index (χ2n) is 4.80. The van der Waals surface area contributed by atoms with Crippen molar-refractivity contribution in [3.05, 3.63) is 54.1 Å². The molecule has 2 aromatic carbocycles. The monoisotopic (exact) mass is 256 g/mol. The van der Waals surface area contributed by atoms with Crippen molar-refractivity contribution in [3.8, 4) is 5.75 Å². The van der Waals surface area contributed by atoms with Gasteiger partial charge in [-0.2, -0.15) is 0 Å². The molecule has 2 rings (SSSR count). The van der Waals surface area contributed by atoms with Gasteiger partial charge in [-0.25, -0.2) is 0 Å². The lowest BCUT2D eigenvalue weighted by Gasteiger charge is -2.13. The summed E-state index contributed by atoms with van der Waals surface area (Å²) in [5.74, 6) is 0.797. The second kappa shape index (κ2) is 6.14. The predicted molar refractivity (Wildman–Crippen MR) is 80.4 cm³/mol. The minimum atomic E-state index is 0.142. The second-order valence-corrected chi connectivity index (χ2v) is 4.80. The van der Waals surface area contributed by atoms with Crippen LogP contribution in [0.5, 0.6) is 5.75 Å². The molecule has 2 aromatic rings. The molecule has 0 aliphatic rings. The molecule has 0 unspecified atom stereocenters. The summed E-state index contributed by atoms with van der Waals surface area (Å²) in [7, 11) is 0. The molecule has 0 amide bonds. The molecule has 0 aliphatic heterocycles. The number of hydrogen-bond donors (Lipinski definition) is 2. The molecule has 0 aliphatic carbocycles. The third kappa shape index (κ3) is 4.21. The van der Waals surface area contributed by atoms with Crippen molar-refractivity contribution < 1.29 is 4.74 Å². The van der Waals surface area contributed by atoms with Crippen LogP contribution < -0.4 is 15.8 Å². The molecule has 0 radical (unpaired) electrons. The van der Waals surface area contributed by atoms with E-state index in [4.69, 9.17) is 10.5 Å². The lowest BCUT2D eigenvalue weighted by Crippen LogP contribution is -2.07. The molecule has 3 nitrogen and oxygen atoms in total. The molecule has 3 N–H and O–H groups in total. The first kappa shape index (κ1) is 13.3. The molecule has 0 aromatic heterocycles. The number of benzene rings is 2. The van der Waals surface area contributed by atoms with Crippen molar-refractivity contribution in [2.75, 3.05) is 11.1 Å². The van der Waals surface area contributed by atoms with Crippen molar-refractivity contribution in [1.29, 1.82) is 0 Å². The topological polar surface area (TPSA) is 47.3 Å². The molecular formula is C16H20N2O. The molecule has 0 bridgehead atoms. The van der Waals surface area contributed by atoms with Gasteiger partial charge in [-0.1, -0.05) is 30.3 Å². The van der Waals surface area contributed by atoms with E-state index in [2.05, 4.69) is 17.4 Å². The Labute approximate surface area is 114 Å². The highest BCUT2D eigenvalue weighted by Crippen LogP contribution is 2.23. The Balaban J connectivity index is 2.05.